The lowest BCUT2D eigenvalue weighted by atomic mass is 10.0. The number of ether oxygens (including phenoxy) is 1. The predicted molar refractivity (Wildman–Crippen MR) is 52.6 cm³/mol. The second-order valence-electron chi connectivity index (χ2n) is 3.56. The molecule has 1 aliphatic rings. The lowest BCUT2D eigenvalue weighted by molar-refractivity contribution is -0.119. The highest BCUT2D eigenvalue weighted by atomic mass is 16.5. The number of ketones is 1. The predicted octanol–water partition coefficient (Wildman–Crippen LogP) is 2.48. The molecule has 0 aromatic rings. The van der Waals surface area contributed by atoms with Gasteiger partial charge in [-0.3, -0.25) is 4.79 Å². The van der Waals surface area contributed by atoms with Crippen molar-refractivity contribution in [2.45, 2.75) is 44.6 Å². The van der Waals surface area contributed by atoms with E-state index in [0.717, 1.165) is 19.4 Å². The summed E-state index contributed by atoms with van der Waals surface area (Å²) < 4.78 is 5.53. The first-order chi connectivity index (χ1) is 6.33. The first-order valence-electron chi connectivity index (χ1n) is 5.07. The Bertz CT molecular complexity index is 169. The maximum atomic E-state index is 11.2. The summed E-state index contributed by atoms with van der Waals surface area (Å²) in [5.41, 5.74) is 0. The number of carbonyl (C=O) groups excluding carboxylic acids is 1. The standard InChI is InChI=1S/C11H18O2/c1-2-5-10(12)7-8-11-6-3-4-9-13-11/h2,11H,1,3-9H2. The van der Waals surface area contributed by atoms with Crippen LogP contribution in [0.2, 0.25) is 0 Å². The number of hydrogen-bond acceptors (Lipinski definition) is 2. The van der Waals surface area contributed by atoms with Gasteiger partial charge in [0.2, 0.25) is 0 Å². The summed E-state index contributed by atoms with van der Waals surface area (Å²) in [4.78, 5) is 11.2. The number of allylic oxidation sites excluding steroid dienone is 1. The minimum atomic E-state index is 0.282. The third kappa shape index (κ3) is 4.23. The Morgan fingerprint density at radius 2 is 2.38 bits per heavy atom. The Labute approximate surface area is 80.0 Å². The highest BCUT2D eigenvalue weighted by molar-refractivity contribution is 5.79. The van der Waals surface area contributed by atoms with E-state index < -0.39 is 0 Å². The van der Waals surface area contributed by atoms with Crippen LogP contribution in [0.4, 0.5) is 0 Å². The molecule has 74 valence electrons. The molecule has 0 aromatic heterocycles. The smallest absolute Gasteiger partial charge is 0.136 e. The van der Waals surface area contributed by atoms with E-state index in [9.17, 15) is 4.79 Å². The summed E-state index contributed by atoms with van der Waals surface area (Å²) in [6.07, 6.45) is 7.61. The zero-order valence-electron chi connectivity index (χ0n) is 8.13. The maximum Gasteiger partial charge on any atom is 0.136 e. The summed E-state index contributed by atoms with van der Waals surface area (Å²) >= 11 is 0. The third-order valence-electron chi connectivity index (χ3n) is 2.39. The van der Waals surface area contributed by atoms with Crippen LogP contribution in [0.25, 0.3) is 0 Å². The Balaban J connectivity index is 2.09. The molecule has 0 radical (unpaired) electrons. The van der Waals surface area contributed by atoms with E-state index in [4.69, 9.17) is 4.74 Å². The molecule has 0 amide bonds. The zero-order chi connectivity index (χ0) is 9.52. The van der Waals surface area contributed by atoms with Crippen LogP contribution in [0.5, 0.6) is 0 Å². The van der Waals surface area contributed by atoms with E-state index in [1.54, 1.807) is 6.08 Å². The molecule has 1 unspecified atom stereocenters. The zero-order valence-corrected chi connectivity index (χ0v) is 8.13. The summed E-state index contributed by atoms with van der Waals surface area (Å²) in [5.74, 6) is 0.282. The van der Waals surface area contributed by atoms with E-state index in [1.165, 1.54) is 12.8 Å². The van der Waals surface area contributed by atoms with Crippen molar-refractivity contribution in [1.29, 1.82) is 0 Å². The number of rotatable bonds is 5. The second kappa shape index (κ2) is 5.92. The van der Waals surface area contributed by atoms with E-state index in [1.807, 2.05) is 0 Å². The molecule has 2 heteroatoms. The second-order valence-corrected chi connectivity index (χ2v) is 3.56. The first kappa shape index (κ1) is 10.5. The largest absolute Gasteiger partial charge is 0.378 e. The number of Topliss-reactive ketones (excluding diaryl/α,β-unsaturated/α-hetero) is 1. The Morgan fingerprint density at radius 1 is 1.54 bits per heavy atom. The van der Waals surface area contributed by atoms with Crippen molar-refractivity contribution in [3.8, 4) is 0 Å². The highest BCUT2D eigenvalue weighted by Crippen LogP contribution is 2.17. The van der Waals surface area contributed by atoms with Crippen LogP contribution in [0.15, 0.2) is 12.7 Å². The van der Waals surface area contributed by atoms with Gasteiger partial charge >= 0.3 is 0 Å². The van der Waals surface area contributed by atoms with Gasteiger partial charge in [-0.05, 0) is 25.7 Å². The molecule has 0 bridgehead atoms. The molecule has 0 saturated carbocycles. The average molecular weight is 182 g/mol. The number of carbonyl (C=O) groups is 1. The van der Waals surface area contributed by atoms with E-state index in [0.29, 0.717) is 18.9 Å². The van der Waals surface area contributed by atoms with Crippen LogP contribution in [-0.2, 0) is 9.53 Å². The molecule has 0 N–H and O–H groups in total. The molecule has 1 atom stereocenters. The molecule has 1 heterocycles. The van der Waals surface area contributed by atoms with Crippen LogP contribution in [0.1, 0.15) is 38.5 Å². The van der Waals surface area contributed by atoms with Crippen molar-refractivity contribution in [1.82, 2.24) is 0 Å². The third-order valence-corrected chi connectivity index (χ3v) is 2.39. The quantitative estimate of drug-likeness (QED) is 0.610. The van der Waals surface area contributed by atoms with Crippen molar-refractivity contribution < 1.29 is 9.53 Å². The Morgan fingerprint density at radius 3 is 3.00 bits per heavy atom. The van der Waals surface area contributed by atoms with Crippen molar-refractivity contribution in [2.75, 3.05) is 6.61 Å². The van der Waals surface area contributed by atoms with Gasteiger partial charge < -0.3 is 4.74 Å². The monoisotopic (exact) mass is 182 g/mol. The molecular weight excluding hydrogens is 164 g/mol. The topological polar surface area (TPSA) is 26.3 Å². The van der Waals surface area contributed by atoms with E-state index >= 15 is 0 Å². The minimum Gasteiger partial charge on any atom is -0.378 e. The van der Waals surface area contributed by atoms with Crippen LogP contribution in [-0.4, -0.2) is 18.5 Å². The van der Waals surface area contributed by atoms with Crippen LogP contribution >= 0.6 is 0 Å². The molecule has 0 spiro atoms. The molecule has 1 rings (SSSR count). The van der Waals surface area contributed by atoms with Crippen molar-refractivity contribution >= 4 is 5.78 Å². The molecule has 1 aliphatic heterocycles. The normalized spacial score (nSPS) is 22.6. The molecule has 1 fully saturated rings. The van der Waals surface area contributed by atoms with Crippen LogP contribution in [0, 0.1) is 0 Å². The van der Waals surface area contributed by atoms with Gasteiger partial charge in [0.25, 0.3) is 0 Å². The lowest BCUT2D eigenvalue weighted by Gasteiger charge is -2.21. The summed E-state index contributed by atoms with van der Waals surface area (Å²) in [5, 5.41) is 0. The van der Waals surface area contributed by atoms with Gasteiger partial charge in [0.1, 0.15) is 5.78 Å². The minimum absolute atomic E-state index is 0.282. The fraction of sp³-hybridized carbons (Fsp3) is 0.727. The molecule has 0 aliphatic carbocycles. The SMILES string of the molecule is C=CCC(=O)CCC1CCCCO1. The fourth-order valence-electron chi connectivity index (χ4n) is 1.62. The number of hydrogen-bond donors (Lipinski definition) is 0. The van der Waals surface area contributed by atoms with Crippen LogP contribution in [0.3, 0.4) is 0 Å². The van der Waals surface area contributed by atoms with Crippen molar-refractivity contribution in [3.63, 3.8) is 0 Å². The summed E-state index contributed by atoms with van der Waals surface area (Å²) in [6.45, 7) is 4.42. The van der Waals surface area contributed by atoms with Gasteiger partial charge in [-0.1, -0.05) is 6.08 Å². The average Bonchev–Trinajstić information content (AvgIpc) is 2.17. The van der Waals surface area contributed by atoms with Gasteiger partial charge in [0, 0.05) is 19.4 Å². The van der Waals surface area contributed by atoms with Crippen molar-refractivity contribution in [3.05, 3.63) is 12.7 Å². The molecular formula is C11H18O2. The van der Waals surface area contributed by atoms with Gasteiger partial charge in [0.05, 0.1) is 6.10 Å². The van der Waals surface area contributed by atoms with Gasteiger partial charge in [-0.2, -0.15) is 0 Å². The first-order valence-corrected chi connectivity index (χ1v) is 5.07. The van der Waals surface area contributed by atoms with Gasteiger partial charge in [-0.25, -0.2) is 0 Å². The molecule has 0 aromatic carbocycles. The Kier molecular flexibility index (Phi) is 4.76. The van der Waals surface area contributed by atoms with Gasteiger partial charge in [-0.15, -0.1) is 6.58 Å². The summed E-state index contributed by atoms with van der Waals surface area (Å²) in [6, 6.07) is 0. The van der Waals surface area contributed by atoms with Gasteiger partial charge in [0.15, 0.2) is 0 Å². The lowest BCUT2D eigenvalue weighted by Crippen LogP contribution is -2.19. The molecule has 2 nitrogen and oxygen atoms in total. The van der Waals surface area contributed by atoms with Crippen molar-refractivity contribution in [2.24, 2.45) is 0 Å². The Hall–Kier alpha value is -0.630. The van der Waals surface area contributed by atoms with E-state index in [2.05, 4.69) is 6.58 Å². The molecule has 13 heavy (non-hydrogen) atoms. The van der Waals surface area contributed by atoms with Crippen LogP contribution < -0.4 is 0 Å². The fourth-order valence-corrected chi connectivity index (χ4v) is 1.62. The summed E-state index contributed by atoms with van der Waals surface area (Å²) in [7, 11) is 0. The maximum absolute atomic E-state index is 11.2. The molecule has 1 saturated heterocycles. The highest BCUT2D eigenvalue weighted by Gasteiger charge is 2.14. The van der Waals surface area contributed by atoms with E-state index in [-0.39, 0.29) is 5.78 Å².